The van der Waals surface area contributed by atoms with Gasteiger partial charge in [0.05, 0.1) is 6.04 Å². The molecule has 0 bridgehead atoms. The minimum Gasteiger partial charge on any atom is -0.453 e. The number of carbonyl (C=O) groups is 3. The summed E-state index contributed by atoms with van der Waals surface area (Å²) in [4.78, 5) is 36.1. The third kappa shape index (κ3) is 4.81. The van der Waals surface area contributed by atoms with E-state index in [9.17, 15) is 14.4 Å². The Morgan fingerprint density at radius 2 is 1.75 bits per heavy atom. The molecule has 1 N–H and O–H groups in total. The maximum atomic E-state index is 12.9. The number of hydrogen-bond donors (Lipinski definition) is 1. The number of amides is 1. The molecule has 0 aromatic heterocycles. The molecule has 0 heterocycles. The molecule has 0 aliphatic heterocycles. The average molecular weight is 352 g/mol. The van der Waals surface area contributed by atoms with Crippen molar-refractivity contribution in [1.82, 2.24) is 5.32 Å². The molecule has 2 atom stereocenters. The molecule has 1 unspecified atom stereocenters. The van der Waals surface area contributed by atoms with Crippen molar-refractivity contribution in [3.05, 3.63) is 34.9 Å². The lowest BCUT2D eigenvalue weighted by atomic mass is 9.90. The summed E-state index contributed by atoms with van der Waals surface area (Å²) >= 11 is 5.87. The Balaban J connectivity index is 2.15. The SMILES string of the molecule is CC(=O)O[C@@H](C)C(=O)NC(C(=O)c1ccc(Cl)cc1)C1CCCC1. The van der Waals surface area contributed by atoms with Crippen LogP contribution in [0.25, 0.3) is 0 Å². The van der Waals surface area contributed by atoms with Crippen LogP contribution in [-0.4, -0.2) is 29.8 Å². The van der Waals surface area contributed by atoms with E-state index in [1.165, 1.54) is 13.8 Å². The molecule has 5 nitrogen and oxygen atoms in total. The Bertz CT molecular complexity index is 608. The van der Waals surface area contributed by atoms with E-state index < -0.39 is 24.0 Å². The first-order valence-corrected chi connectivity index (χ1v) is 8.53. The number of halogens is 1. The number of esters is 1. The van der Waals surface area contributed by atoms with E-state index >= 15 is 0 Å². The van der Waals surface area contributed by atoms with Crippen LogP contribution in [0.4, 0.5) is 0 Å². The first-order chi connectivity index (χ1) is 11.4. The van der Waals surface area contributed by atoms with Crippen LogP contribution < -0.4 is 5.32 Å². The molecule has 130 valence electrons. The fourth-order valence-electron chi connectivity index (χ4n) is 3.05. The van der Waals surface area contributed by atoms with Gasteiger partial charge in [0, 0.05) is 17.5 Å². The lowest BCUT2D eigenvalue weighted by Gasteiger charge is -2.25. The molecular formula is C18H22ClNO4. The zero-order valence-corrected chi connectivity index (χ0v) is 14.6. The standard InChI is InChI=1S/C18H22ClNO4/c1-11(24-12(2)21)18(23)20-16(13-5-3-4-6-13)17(22)14-7-9-15(19)10-8-14/h7-11,13,16H,3-6H2,1-2H3,(H,20,23)/t11-,16?/m0/s1. The molecule has 1 saturated carbocycles. The van der Waals surface area contributed by atoms with Gasteiger partial charge in [-0.05, 0) is 49.9 Å². The summed E-state index contributed by atoms with van der Waals surface area (Å²) < 4.78 is 4.90. The molecule has 1 aliphatic rings. The average Bonchev–Trinajstić information content (AvgIpc) is 3.06. The van der Waals surface area contributed by atoms with Crippen molar-refractivity contribution in [3.63, 3.8) is 0 Å². The number of ether oxygens (including phenoxy) is 1. The normalized spacial score (nSPS) is 17.1. The molecule has 2 rings (SSSR count). The van der Waals surface area contributed by atoms with E-state index in [2.05, 4.69) is 5.32 Å². The van der Waals surface area contributed by atoms with Crippen LogP contribution in [-0.2, 0) is 14.3 Å². The second-order valence-electron chi connectivity index (χ2n) is 6.15. The van der Waals surface area contributed by atoms with Crippen LogP contribution in [0.3, 0.4) is 0 Å². The number of rotatable bonds is 6. The van der Waals surface area contributed by atoms with Crippen LogP contribution in [0.1, 0.15) is 49.9 Å². The van der Waals surface area contributed by atoms with E-state index in [1.54, 1.807) is 24.3 Å². The second-order valence-corrected chi connectivity index (χ2v) is 6.59. The molecule has 1 aromatic carbocycles. The van der Waals surface area contributed by atoms with Crippen molar-refractivity contribution in [2.24, 2.45) is 5.92 Å². The van der Waals surface area contributed by atoms with Gasteiger partial charge in [-0.15, -0.1) is 0 Å². The Morgan fingerprint density at radius 3 is 2.29 bits per heavy atom. The van der Waals surface area contributed by atoms with Crippen LogP contribution in [0, 0.1) is 5.92 Å². The smallest absolute Gasteiger partial charge is 0.303 e. The van der Waals surface area contributed by atoms with Crippen molar-refractivity contribution in [1.29, 1.82) is 0 Å². The van der Waals surface area contributed by atoms with Crippen LogP contribution in [0.5, 0.6) is 0 Å². The summed E-state index contributed by atoms with van der Waals surface area (Å²) in [6, 6.07) is 6.02. The minimum absolute atomic E-state index is 0.0988. The highest BCUT2D eigenvalue weighted by Crippen LogP contribution is 2.29. The Hall–Kier alpha value is -1.88. The summed E-state index contributed by atoms with van der Waals surface area (Å²) in [5.74, 6) is -1.02. The lowest BCUT2D eigenvalue weighted by Crippen LogP contribution is -2.49. The molecular weight excluding hydrogens is 330 g/mol. The lowest BCUT2D eigenvalue weighted by molar-refractivity contribution is -0.152. The maximum Gasteiger partial charge on any atom is 0.303 e. The van der Waals surface area contributed by atoms with Gasteiger partial charge in [0.25, 0.3) is 5.91 Å². The number of Topliss-reactive ketones (excluding diaryl/α,β-unsaturated/α-hetero) is 1. The van der Waals surface area contributed by atoms with Gasteiger partial charge in [0.1, 0.15) is 0 Å². The summed E-state index contributed by atoms with van der Waals surface area (Å²) in [5, 5.41) is 3.33. The van der Waals surface area contributed by atoms with Gasteiger partial charge in [0.2, 0.25) is 0 Å². The van der Waals surface area contributed by atoms with Gasteiger partial charge in [-0.2, -0.15) is 0 Å². The van der Waals surface area contributed by atoms with Crippen molar-refractivity contribution < 1.29 is 19.1 Å². The molecule has 24 heavy (non-hydrogen) atoms. The van der Waals surface area contributed by atoms with Crippen molar-refractivity contribution in [2.45, 2.75) is 51.7 Å². The third-order valence-electron chi connectivity index (χ3n) is 4.29. The quantitative estimate of drug-likeness (QED) is 0.631. The monoisotopic (exact) mass is 351 g/mol. The largest absolute Gasteiger partial charge is 0.453 e. The van der Waals surface area contributed by atoms with E-state index in [0.29, 0.717) is 10.6 Å². The Morgan fingerprint density at radius 1 is 1.17 bits per heavy atom. The second kappa shape index (κ2) is 8.29. The van der Waals surface area contributed by atoms with E-state index in [1.807, 2.05) is 0 Å². The van der Waals surface area contributed by atoms with Gasteiger partial charge in [0.15, 0.2) is 11.9 Å². The molecule has 0 radical (unpaired) electrons. The molecule has 1 amide bonds. The van der Waals surface area contributed by atoms with Gasteiger partial charge < -0.3 is 10.1 Å². The first-order valence-electron chi connectivity index (χ1n) is 8.16. The van der Waals surface area contributed by atoms with Gasteiger partial charge >= 0.3 is 5.97 Å². The van der Waals surface area contributed by atoms with Gasteiger partial charge in [-0.1, -0.05) is 24.4 Å². The van der Waals surface area contributed by atoms with Crippen molar-refractivity contribution in [3.8, 4) is 0 Å². The summed E-state index contributed by atoms with van der Waals surface area (Å²) in [6.45, 7) is 2.74. The Kier molecular flexibility index (Phi) is 6.37. The summed E-state index contributed by atoms with van der Waals surface area (Å²) in [6.07, 6.45) is 2.96. The third-order valence-corrected chi connectivity index (χ3v) is 4.54. The van der Waals surface area contributed by atoms with Crippen molar-refractivity contribution >= 4 is 29.3 Å². The maximum absolute atomic E-state index is 12.9. The fourth-order valence-corrected chi connectivity index (χ4v) is 3.18. The highest BCUT2D eigenvalue weighted by Gasteiger charge is 2.33. The topological polar surface area (TPSA) is 72.5 Å². The fraction of sp³-hybridized carbons (Fsp3) is 0.500. The van der Waals surface area contributed by atoms with Crippen LogP contribution >= 0.6 is 11.6 Å². The van der Waals surface area contributed by atoms with E-state index in [-0.39, 0.29) is 11.7 Å². The summed E-state index contributed by atoms with van der Waals surface area (Å²) in [7, 11) is 0. The van der Waals surface area contributed by atoms with Crippen LogP contribution in [0.2, 0.25) is 5.02 Å². The van der Waals surface area contributed by atoms with Crippen molar-refractivity contribution in [2.75, 3.05) is 0 Å². The highest BCUT2D eigenvalue weighted by atomic mass is 35.5. The number of ketones is 1. The van der Waals surface area contributed by atoms with Gasteiger partial charge in [-0.3, -0.25) is 14.4 Å². The molecule has 1 aliphatic carbocycles. The number of nitrogens with one attached hydrogen (secondary N) is 1. The molecule has 1 aromatic rings. The number of benzene rings is 1. The van der Waals surface area contributed by atoms with Crippen LogP contribution in [0.15, 0.2) is 24.3 Å². The van der Waals surface area contributed by atoms with E-state index in [4.69, 9.17) is 16.3 Å². The highest BCUT2D eigenvalue weighted by molar-refractivity contribution is 6.30. The Labute approximate surface area is 146 Å². The zero-order valence-electron chi connectivity index (χ0n) is 13.9. The molecule has 6 heteroatoms. The first kappa shape index (κ1) is 18.5. The number of carbonyl (C=O) groups excluding carboxylic acids is 3. The molecule has 1 fully saturated rings. The van der Waals surface area contributed by atoms with E-state index in [0.717, 1.165) is 25.7 Å². The zero-order chi connectivity index (χ0) is 17.7. The minimum atomic E-state index is -0.926. The number of hydrogen-bond acceptors (Lipinski definition) is 4. The predicted molar refractivity (Wildman–Crippen MR) is 90.9 cm³/mol. The summed E-state index contributed by atoms with van der Waals surface area (Å²) in [5.41, 5.74) is 0.511. The predicted octanol–water partition coefficient (Wildman–Crippen LogP) is 3.15. The molecule has 0 spiro atoms. The molecule has 0 saturated heterocycles. The van der Waals surface area contributed by atoms with Gasteiger partial charge in [-0.25, -0.2) is 0 Å².